The number of nitrogens with one attached hydrogen (secondary N) is 1. The highest BCUT2D eigenvalue weighted by Crippen LogP contribution is 2.52. The SMILES string of the molecule is CC(C)c1ccc([C@H]2Sc3ccccc3NC3=C2C(=O)c2ccccc23)cc1. The minimum Gasteiger partial charge on any atom is -0.354 e. The quantitative estimate of drug-likeness (QED) is 0.535. The number of benzene rings is 3. The Hall–Kier alpha value is -2.78. The van der Waals surface area contributed by atoms with Gasteiger partial charge in [0.05, 0.1) is 16.6 Å². The molecule has 0 spiro atoms. The van der Waals surface area contributed by atoms with E-state index in [1.165, 1.54) is 16.0 Å². The molecule has 0 bridgehead atoms. The summed E-state index contributed by atoms with van der Waals surface area (Å²) in [5.41, 5.74) is 7.16. The zero-order valence-electron chi connectivity index (χ0n) is 15.9. The number of fused-ring (bicyclic) bond motifs is 3. The number of hydrogen-bond acceptors (Lipinski definition) is 3. The van der Waals surface area contributed by atoms with Gasteiger partial charge in [-0.2, -0.15) is 0 Å². The molecule has 3 aromatic rings. The Kier molecular flexibility index (Phi) is 4.13. The van der Waals surface area contributed by atoms with E-state index < -0.39 is 0 Å². The molecule has 5 rings (SSSR count). The third-order valence-corrected chi connectivity index (χ3v) is 6.87. The van der Waals surface area contributed by atoms with E-state index in [4.69, 9.17) is 0 Å². The lowest BCUT2D eigenvalue weighted by Gasteiger charge is -2.18. The van der Waals surface area contributed by atoms with E-state index in [2.05, 4.69) is 61.6 Å². The van der Waals surface area contributed by atoms with E-state index in [1.807, 2.05) is 30.3 Å². The molecule has 1 aliphatic carbocycles. The van der Waals surface area contributed by atoms with Gasteiger partial charge in [-0.05, 0) is 29.2 Å². The van der Waals surface area contributed by atoms with Crippen molar-refractivity contribution in [2.75, 3.05) is 5.32 Å². The maximum Gasteiger partial charge on any atom is 0.193 e. The van der Waals surface area contributed by atoms with Crippen LogP contribution in [-0.2, 0) is 0 Å². The Bertz CT molecular complexity index is 1110. The Labute approximate surface area is 169 Å². The number of ketones is 1. The summed E-state index contributed by atoms with van der Waals surface area (Å²) in [4.78, 5) is 14.5. The first-order chi connectivity index (χ1) is 13.6. The van der Waals surface area contributed by atoms with Gasteiger partial charge in [0.2, 0.25) is 0 Å². The average Bonchev–Trinajstić information content (AvgIpc) is 2.89. The zero-order chi connectivity index (χ0) is 19.3. The van der Waals surface area contributed by atoms with Crippen LogP contribution in [0, 0.1) is 0 Å². The highest BCUT2D eigenvalue weighted by molar-refractivity contribution is 8.00. The molecule has 1 aliphatic heterocycles. The van der Waals surface area contributed by atoms with Crippen LogP contribution in [0.25, 0.3) is 5.70 Å². The molecule has 0 amide bonds. The third-order valence-electron chi connectivity index (χ3n) is 5.51. The third kappa shape index (κ3) is 2.70. The van der Waals surface area contributed by atoms with Crippen molar-refractivity contribution in [2.45, 2.75) is 29.9 Å². The first kappa shape index (κ1) is 17.3. The van der Waals surface area contributed by atoms with Crippen LogP contribution in [0.15, 0.2) is 83.3 Å². The van der Waals surface area contributed by atoms with Crippen molar-refractivity contribution < 1.29 is 4.79 Å². The molecule has 1 heterocycles. The van der Waals surface area contributed by atoms with Gasteiger partial charge in [0.25, 0.3) is 0 Å². The van der Waals surface area contributed by atoms with Crippen molar-refractivity contribution in [3.63, 3.8) is 0 Å². The second-order valence-electron chi connectivity index (χ2n) is 7.60. The molecule has 0 fully saturated rings. The molecule has 0 unspecified atom stereocenters. The van der Waals surface area contributed by atoms with E-state index in [0.717, 1.165) is 28.1 Å². The summed E-state index contributed by atoms with van der Waals surface area (Å²) < 4.78 is 0. The summed E-state index contributed by atoms with van der Waals surface area (Å²) in [6.45, 7) is 4.40. The topological polar surface area (TPSA) is 29.1 Å². The highest BCUT2D eigenvalue weighted by atomic mass is 32.2. The number of carbonyl (C=O) groups is 1. The molecule has 0 saturated carbocycles. The van der Waals surface area contributed by atoms with Gasteiger partial charge in [0.1, 0.15) is 0 Å². The molecule has 2 nitrogen and oxygen atoms in total. The Morgan fingerprint density at radius 1 is 0.857 bits per heavy atom. The zero-order valence-corrected chi connectivity index (χ0v) is 16.7. The fourth-order valence-electron chi connectivity index (χ4n) is 3.97. The standard InChI is InChI=1S/C25H21NOS/c1-15(2)16-11-13-17(14-12-16)25-22-23(18-7-3-4-8-19(18)24(22)27)26-20-9-5-6-10-21(20)28-25/h3-15,25-26H,1-2H3/t25-/m1/s1. The lowest BCUT2D eigenvalue weighted by Crippen LogP contribution is -2.07. The molecule has 0 aromatic heterocycles. The molecular formula is C25H21NOS. The number of anilines is 1. The first-order valence-electron chi connectivity index (χ1n) is 9.64. The number of hydrogen-bond donors (Lipinski definition) is 1. The molecule has 3 aromatic carbocycles. The molecule has 0 saturated heterocycles. The minimum absolute atomic E-state index is 0.0349. The normalized spacial score (nSPS) is 17.7. The van der Waals surface area contributed by atoms with Crippen LogP contribution in [0.2, 0.25) is 0 Å². The van der Waals surface area contributed by atoms with Gasteiger partial charge in [-0.25, -0.2) is 0 Å². The van der Waals surface area contributed by atoms with Crippen molar-refractivity contribution >= 4 is 28.9 Å². The summed E-state index contributed by atoms with van der Waals surface area (Å²) in [5.74, 6) is 0.627. The summed E-state index contributed by atoms with van der Waals surface area (Å²) in [7, 11) is 0. The fourth-order valence-corrected chi connectivity index (χ4v) is 5.26. The van der Waals surface area contributed by atoms with E-state index in [0.29, 0.717) is 5.92 Å². The molecule has 28 heavy (non-hydrogen) atoms. The lowest BCUT2D eigenvalue weighted by molar-refractivity contribution is 0.103. The number of thioether (sulfide) groups is 1. The lowest BCUT2D eigenvalue weighted by atomic mass is 9.97. The second-order valence-corrected chi connectivity index (χ2v) is 8.75. The van der Waals surface area contributed by atoms with Gasteiger partial charge in [0.15, 0.2) is 5.78 Å². The molecule has 3 heteroatoms. The Balaban J connectivity index is 1.69. The van der Waals surface area contributed by atoms with Crippen LogP contribution < -0.4 is 5.32 Å². The van der Waals surface area contributed by atoms with E-state index >= 15 is 0 Å². The predicted molar refractivity (Wildman–Crippen MR) is 117 cm³/mol. The average molecular weight is 384 g/mol. The highest BCUT2D eigenvalue weighted by Gasteiger charge is 2.37. The van der Waals surface area contributed by atoms with Crippen LogP contribution in [-0.4, -0.2) is 5.78 Å². The number of para-hydroxylation sites is 1. The van der Waals surface area contributed by atoms with E-state index in [9.17, 15) is 4.79 Å². The largest absolute Gasteiger partial charge is 0.354 e. The van der Waals surface area contributed by atoms with Gasteiger partial charge >= 0.3 is 0 Å². The van der Waals surface area contributed by atoms with Crippen LogP contribution in [0.5, 0.6) is 0 Å². The van der Waals surface area contributed by atoms with Crippen molar-refractivity contribution in [3.05, 3.63) is 101 Å². The maximum absolute atomic E-state index is 13.4. The number of Topliss-reactive ketones (excluding diaryl/α,β-unsaturated/α-hetero) is 1. The number of carbonyl (C=O) groups excluding carboxylic acids is 1. The monoisotopic (exact) mass is 383 g/mol. The molecule has 138 valence electrons. The summed E-state index contributed by atoms with van der Waals surface area (Å²) in [6.07, 6.45) is 0. The van der Waals surface area contributed by atoms with Gasteiger partial charge in [-0.15, -0.1) is 11.8 Å². The van der Waals surface area contributed by atoms with Crippen LogP contribution in [0.1, 0.15) is 52.1 Å². The molecule has 0 radical (unpaired) electrons. The number of rotatable bonds is 2. The molecular weight excluding hydrogens is 362 g/mol. The van der Waals surface area contributed by atoms with Crippen molar-refractivity contribution in [1.82, 2.24) is 0 Å². The van der Waals surface area contributed by atoms with Crippen molar-refractivity contribution in [1.29, 1.82) is 0 Å². The second kappa shape index (κ2) is 6.68. The van der Waals surface area contributed by atoms with Crippen LogP contribution in [0.4, 0.5) is 5.69 Å². The van der Waals surface area contributed by atoms with Gasteiger partial charge < -0.3 is 5.32 Å². The Morgan fingerprint density at radius 3 is 2.29 bits per heavy atom. The van der Waals surface area contributed by atoms with Crippen LogP contribution >= 0.6 is 11.8 Å². The van der Waals surface area contributed by atoms with Gasteiger partial charge in [-0.1, -0.05) is 74.5 Å². The maximum atomic E-state index is 13.4. The van der Waals surface area contributed by atoms with Gasteiger partial charge in [-0.3, -0.25) is 4.79 Å². The summed E-state index contributed by atoms with van der Waals surface area (Å²) in [6, 6.07) is 25.0. The van der Waals surface area contributed by atoms with Gasteiger partial charge in [0, 0.05) is 21.6 Å². The smallest absolute Gasteiger partial charge is 0.193 e. The molecule has 1 N–H and O–H groups in total. The summed E-state index contributed by atoms with van der Waals surface area (Å²) in [5, 5.41) is 3.54. The molecule has 1 atom stereocenters. The first-order valence-corrected chi connectivity index (χ1v) is 10.5. The fraction of sp³-hybridized carbons (Fsp3) is 0.160. The van der Waals surface area contributed by atoms with Crippen molar-refractivity contribution in [3.8, 4) is 0 Å². The van der Waals surface area contributed by atoms with Crippen LogP contribution in [0.3, 0.4) is 0 Å². The van der Waals surface area contributed by atoms with E-state index in [1.54, 1.807) is 11.8 Å². The van der Waals surface area contributed by atoms with Crippen molar-refractivity contribution in [2.24, 2.45) is 0 Å². The molecule has 2 aliphatic rings. The predicted octanol–water partition coefficient (Wildman–Crippen LogP) is 6.68. The minimum atomic E-state index is -0.0349. The van der Waals surface area contributed by atoms with E-state index in [-0.39, 0.29) is 11.0 Å². The summed E-state index contributed by atoms with van der Waals surface area (Å²) >= 11 is 1.75. The Morgan fingerprint density at radius 2 is 1.54 bits per heavy atom.